The summed E-state index contributed by atoms with van der Waals surface area (Å²) in [5.74, 6) is -0.791. The van der Waals surface area contributed by atoms with Gasteiger partial charge in [-0.2, -0.15) is 10.1 Å². The SMILES string of the molecule is O=C1c2cccc3c([N+](=O)[O-])ccc(c23)C(=O)N1N=Cc1ccc(-c2ccc([N+](=O)[O-])cc2)o1. The van der Waals surface area contributed by atoms with E-state index in [1.807, 2.05) is 0 Å². The minimum Gasteiger partial charge on any atom is -0.455 e. The topological polar surface area (TPSA) is 149 Å². The summed E-state index contributed by atoms with van der Waals surface area (Å²) in [4.78, 5) is 47.0. The average Bonchev–Trinajstić information content (AvgIpc) is 3.31. The first-order chi connectivity index (χ1) is 16.3. The van der Waals surface area contributed by atoms with Gasteiger partial charge in [0, 0.05) is 29.1 Å². The first kappa shape index (κ1) is 20.7. The van der Waals surface area contributed by atoms with Gasteiger partial charge in [0.05, 0.1) is 32.6 Å². The monoisotopic (exact) mass is 456 g/mol. The number of non-ortho nitro benzene ring substituents is 2. The van der Waals surface area contributed by atoms with Crippen LogP contribution in [0.5, 0.6) is 0 Å². The summed E-state index contributed by atoms with van der Waals surface area (Å²) in [7, 11) is 0. The Morgan fingerprint density at radius 2 is 1.53 bits per heavy atom. The number of nitrogens with zero attached hydrogens (tertiary/aromatic N) is 4. The number of carbonyl (C=O) groups excluding carboxylic acids is 2. The number of furan rings is 1. The van der Waals surface area contributed by atoms with Gasteiger partial charge in [-0.15, -0.1) is 0 Å². The minimum absolute atomic E-state index is 0.0557. The van der Waals surface area contributed by atoms with Gasteiger partial charge < -0.3 is 4.42 Å². The van der Waals surface area contributed by atoms with Crippen molar-refractivity contribution in [1.29, 1.82) is 0 Å². The van der Waals surface area contributed by atoms with Crippen LogP contribution in [0.3, 0.4) is 0 Å². The van der Waals surface area contributed by atoms with Gasteiger partial charge in [0.2, 0.25) is 0 Å². The molecule has 3 aromatic carbocycles. The Balaban J connectivity index is 1.45. The van der Waals surface area contributed by atoms with E-state index in [0.717, 1.165) is 0 Å². The maximum Gasteiger partial charge on any atom is 0.282 e. The fourth-order valence-corrected chi connectivity index (χ4v) is 3.77. The minimum atomic E-state index is -0.720. The molecule has 0 spiro atoms. The molecule has 1 aliphatic heterocycles. The van der Waals surface area contributed by atoms with E-state index in [4.69, 9.17) is 4.42 Å². The lowest BCUT2D eigenvalue weighted by molar-refractivity contribution is -0.384. The van der Waals surface area contributed by atoms with E-state index in [1.165, 1.54) is 60.8 Å². The Bertz CT molecular complexity index is 1530. The lowest BCUT2D eigenvalue weighted by Crippen LogP contribution is -2.36. The summed E-state index contributed by atoms with van der Waals surface area (Å²) in [6.45, 7) is 0. The molecule has 166 valence electrons. The van der Waals surface area contributed by atoms with Gasteiger partial charge in [-0.05, 0) is 42.5 Å². The van der Waals surface area contributed by atoms with Crippen LogP contribution < -0.4 is 0 Å². The Kier molecular flexibility index (Phi) is 4.71. The zero-order valence-corrected chi connectivity index (χ0v) is 17.1. The van der Waals surface area contributed by atoms with Crippen LogP contribution in [0.15, 0.2) is 76.2 Å². The number of hydrogen-bond acceptors (Lipinski definition) is 8. The van der Waals surface area contributed by atoms with E-state index in [-0.39, 0.29) is 39.0 Å². The molecule has 1 aliphatic rings. The van der Waals surface area contributed by atoms with Gasteiger partial charge >= 0.3 is 0 Å². The van der Waals surface area contributed by atoms with Crippen molar-refractivity contribution in [3.63, 3.8) is 0 Å². The first-order valence-electron chi connectivity index (χ1n) is 9.82. The molecule has 2 heterocycles. The first-order valence-corrected chi connectivity index (χ1v) is 9.82. The molecule has 0 saturated heterocycles. The number of hydrazone groups is 1. The molecule has 11 nitrogen and oxygen atoms in total. The number of benzene rings is 3. The Hall–Kier alpha value is -5.19. The standard InChI is InChI=1S/C23H12N4O7/c28-22-17-3-1-2-16-19(27(32)33)10-9-18(21(16)17)23(29)25(22)24-12-15-8-11-20(34-15)13-4-6-14(7-5-13)26(30)31/h1-12H. The number of imide groups is 1. The third-order valence-corrected chi connectivity index (χ3v) is 5.35. The Labute approximate surface area is 189 Å². The van der Waals surface area contributed by atoms with Crippen LogP contribution in [0.2, 0.25) is 0 Å². The molecule has 5 rings (SSSR count). The summed E-state index contributed by atoms with van der Waals surface area (Å²) < 4.78 is 5.66. The van der Waals surface area contributed by atoms with E-state index in [1.54, 1.807) is 12.1 Å². The second-order valence-electron chi connectivity index (χ2n) is 7.29. The molecule has 0 aliphatic carbocycles. The second kappa shape index (κ2) is 7.74. The van der Waals surface area contributed by atoms with Crippen molar-refractivity contribution in [2.24, 2.45) is 5.10 Å². The Morgan fingerprint density at radius 1 is 0.824 bits per heavy atom. The number of amides is 2. The molecular formula is C23H12N4O7. The van der Waals surface area contributed by atoms with Crippen molar-refractivity contribution in [2.75, 3.05) is 0 Å². The molecule has 0 atom stereocenters. The van der Waals surface area contributed by atoms with Crippen LogP contribution in [0.4, 0.5) is 11.4 Å². The number of carbonyl (C=O) groups is 2. The molecule has 0 unspecified atom stereocenters. The molecular weight excluding hydrogens is 444 g/mol. The fraction of sp³-hybridized carbons (Fsp3) is 0. The van der Waals surface area contributed by atoms with Crippen LogP contribution in [-0.2, 0) is 0 Å². The zero-order valence-electron chi connectivity index (χ0n) is 17.1. The van der Waals surface area contributed by atoms with Crippen LogP contribution in [0.25, 0.3) is 22.1 Å². The quantitative estimate of drug-likeness (QED) is 0.185. The summed E-state index contributed by atoms with van der Waals surface area (Å²) in [6, 6.07) is 16.0. The van der Waals surface area contributed by atoms with Crippen LogP contribution in [0, 0.1) is 20.2 Å². The van der Waals surface area contributed by atoms with E-state index in [0.29, 0.717) is 16.3 Å². The van der Waals surface area contributed by atoms with E-state index < -0.39 is 21.7 Å². The molecule has 0 fully saturated rings. The van der Waals surface area contributed by atoms with Gasteiger partial charge in [-0.25, -0.2) is 0 Å². The smallest absolute Gasteiger partial charge is 0.282 e. The van der Waals surface area contributed by atoms with E-state index in [2.05, 4.69) is 5.10 Å². The lowest BCUT2D eigenvalue weighted by Gasteiger charge is -2.22. The maximum absolute atomic E-state index is 13.0. The fourth-order valence-electron chi connectivity index (χ4n) is 3.77. The molecule has 4 aromatic rings. The van der Waals surface area contributed by atoms with Crippen molar-refractivity contribution in [3.05, 3.63) is 104 Å². The van der Waals surface area contributed by atoms with Crippen molar-refractivity contribution in [2.45, 2.75) is 0 Å². The molecule has 11 heteroatoms. The lowest BCUT2D eigenvalue weighted by atomic mass is 9.94. The highest BCUT2D eigenvalue weighted by Crippen LogP contribution is 2.35. The second-order valence-corrected chi connectivity index (χ2v) is 7.29. The average molecular weight is 456 g/mol. The predicted molar refractivity (Wildman–Crippen MR) is 119 cm³/mol. The van der Waals surface area contributed by atoms with Gasteiger partial charge in [0.1, 0.15) is 11.5 Å². The summed E-state index contributed by atoms with van der Waals surface area (Å²) in [5, 5.41) is 27.2. The molecule has 0 radical (unpaired) electrons. The highest BCUT2D eigenvalue weighted by Gasteiger charge is 2.34. The van der Waals surface area contributed by atoms with Gasteiger partial charge in [-0.3, -0.25) is 29.8 Å². The molecule has 0 saturated carbocycles. The maximum atomic E-state index is 13.0. The van der Waals surface area contributed by atoms with Crippen molar-refractivity contribution < 1.29 is 23.9 Å². The third-order valence-electron chi connectivity index (χ3n) is 5.35. The van der Waals surface area contributed by atoms with Crippen molar-refractivity contribution in [3.8, 4) is 11.3 Å². The third kappa shape index (κ3) is 3.28. The van der Waals surface area contributed by atoms with Gasteiger partial charge in [0.25, 0.3) is 23.2 Å². The molecule has 0 N–H and O–H groups in total. The van der Waals surface area contributed by atoms with Crippen molar-refractivity contribution >= 4 is 40.2 Å². The molecule has 2 amide bonds. The predicted octanol–water partition coefficient (Wildman–Crippen LogP) is 4.55. The number of nitro groups is 2. The normalized spacial score (nSPS) is 13.1. The Morgan fingerprint density at radius 3 is 2.21 bits per heavy atom. The summed E-state index contributed by atoms with van der Waals surface area (Å²) in [6.07, 6.45) is 1.20. The number of rotatable bonds is 5. The van der Waals surface area contributed by atoms with Gasteiger partial charge in [-0.1, -0.05) is 6.07 Å². The summed E-state index contributed by atoms with van der Waals surface area (Å²) in [5.41, 5.74) is 0.586. The van der Waals surface area contributed by atoms with Gasteiger partial charge in [0.15, 0.2) is 0 Å². The van der Waals surface area contributed by atoms with Crippen molar-refractivity contribution in [1.82, 2.24) is 5.01 Å². The largest absolute Gasteiger partial charge is 0.455 e. The van der Waals surface area contributed by atoms with Crippen LogP contribution in [0.1, 0.15) is 26.5 Å². The van der Waals surface area contributed by atoms with Crippen LogP contribution >= 0.6 is 0 Å². The van der Waals surface area contributed by atoms with Crippen LogP contribution in [-0.4, -0.2) is 32.9 Å². The molecule has 0 bridgehead atoms. The number of hydrogen-bond donors (Lipinski definition) is 0. The number of nitro benzene ring substituents is 2. The zero-order chi connectivity index (χ0) is 24.0. The highest BCUT2D eigenvalue weighted by atomic mass is 16.6. The highest BCUT2D eigenvalue weighted by molar-refractivity contribution is 6.26. The molecule has 34 heavy (non-hydrogen) atoms. The molecule has 1 aromatic heterocycles. The summed E-state index contributed by atoms with van der Waals surface area (Å²) >= 11 is 0. The van der Waals surface area contributed by atoms with E-state index in [9.17, 15) is 29.8 Å². The van der Waals surface area contributed by atoms with E-state index >= 15 is 0 Å².